The zero-order valence-corrected chi connectivity index (χ0v) is 7.03. The number of nitrogen functional groups attached to an aromatic ring is 1. The summed E-state index contributed by atoms with van der Waals surface area (Å²) in [5.74, 6) is 0.551. The highest BCUT2D eigenvalue weighted by molar-refractivity contribution is 5.87. The molecule has 2 aromatic heterocycles. The zero-order chi connectivity index (χ0) is 9.42. The first kappa shape index (κ1) is 7.72. The van der Waals surface area contributed by atoms with E-state index >= 15 is 0 Å². The lowest BCUT2D eigenvalue weighted by Gasteiger charge is -1.99. The van der Waals surface area contributed by atoms with Crippen LogP contribution in [-0.4, -0.2) is 15.0 Å². The molecular weight excluding hydrogens is 168 g/mol. The molecule has 5 nitrogen and oxygen atoms in total. The fourth-order valence-corrected chi connectivity index (χ4v) is 1.19. The van der Waals surface area contributed by atoms with Crippen LogP contribution in [-0.2, 0) is 0 Å². The largest absolute Gasteiger partial charge is 0.396 e. The summed E-state index contributed by atoms with van der Waals surface area (Å²) in [4.78, 5) is 21.9. The summed E-state index contributed by atoms with van der Waals surface area (Å²) in [6.45, 7) is 1.71. The second kappa shape index (κ2) is 2.55. The number of hydrogen-bond donors (Lipinski definition) is 2. The summed E-state index contributed by atoms with van der Waals surface area (Å²) in [6, 6.07) is 0. The van der Waals surface area contributed by atoms with Crippen molar-refractivity contribution in [1.82, 2.24) is 15.0 Å². The van der Waals surface area contributed by atoms with E-state index in [-0.39, 0.29) is 5.56 Å². The Morgan fingerprint density at radius 2 is 2.23 bits per heavy atom. The molecule has 0 unspecified atom stereocenters. The van der Waals surface area contributed by atoms with Gasteiger partial charge in [-0.15, -0.1) is 0 Å². The van der Waals surface area contributed by atoms with Crippen molar-refractivity contribution in [2.75, 3.05) is 5.73 Å². The Morgan fingerprint density at radius 3 is 3.00 bits per heavy atom. The number of hydrogen-bond acceptors (Lipinski definition) is 4. The fourth-order valence-electron chi connectivity index (χ4n) is 1.19. The predicted molar refractivity (Wildman–Crippen MR) is 49.3 cm³/mol. The second-order valence-corrected chi connectivity index (χ2v) is 2.78. The Labute approximate surface area is 73.6 Å². The van der Waals surface area contributed by atoms with E-state index < -0.39 is 0 Å². The molecule has 0 aliphatic rings. The van der Waals surface area contributed by atoms with Gasteiger partial charge in [0.25, 0.3) is 5.56 Å². The van der Waals surface area contributed by atoms with Gasteiger partial charge in [0.15, 0.2) is 0 Å². The van der Waals surface area contributed by atoms with Gasteiger partial charge in [0, 0.05) is 6.20 Å². The number of nitrogens with two attached hydrogens (primary N) is 1. The Bertz CT molecular complexity index is 517. The monoisotopic (exact) mass is 176 g/mol. The summed E-state index contributed by atoms with van der Waals surface area (Å²) in [5, 5.41) is 0.422. The van der Waals surface area contributed by atoms with Crippen molar-refractivity contribution in [2.45, 2.75) is 6.92 Å². The third-order valence-corrected chi connectivity index (χ3v) is 1.76. The highest BCUT2D eigenvalue weighted by Crippen LogP contribution is 2.12. The summed E-state index contributed by atoms with van der Waals surface area (Å²) in [5.41, 5.74) is 6.34. The van der Waals surface area contributed by atoms with Crippen molar-refractivity contribution >= 4 is 16.6 Å². The van der Waals surface area contributed by atoms with Crippen molar-refractivity contribution in [3.8, 4) is 0 Å². The molecule has 0 aliphatic heterocycles. The van der Waals surface area contributed by atoms with E-state index in [1.54, 1.807) is 6.92 Å². The number of aromatic amines is 1. The van der Waals surface area contributed by atoms with Crippen molar-refractivity contribution in [3.05, 3.63) is 28.6 Å². The quantitative estimate of drug-likeness (QED) is 0.600. The minimum absolute atomic E-state index is 0.206. The molecule has 0 spiro atoms. The molecule has 2 aromatic rings. The molecule has 0 radical (unpaired) electrons. The van der Waals surface area contributed by atoms with E-state index in [2.05, 4.69) is 15.0 Å². The lowest BCUT2D eigenvalue weighted by molar-refractivity contribution is 1.06. The molecule has 0 fully saturated rings. The number of H-pyrrole nitrogens is 1. The highest BCUT2D eigenvalue weighted by atomic mass is 16.1. The molecule has 3 N–H and O–H groups in total. The average Bonchev–Trinajstić information content (AvgIpc) is 2.07. The maximum absolute atomic E-state index is 11.4. The normalized spacial score (nSPS) is 10.5. The number of aromatic nitrogens is 3. The second-order valence-electron chi connectivity index (χ2n) is 2.78. The standard InChI is InChI=1S/C8H8N4O/c1-4-11-7-5(8(13)12-4)2-10-3-6(7)9/h2-3H,9H2,1H3,(H,11,12,13). The van der Waals surface area contributed by atoms with Gasteiger partial charge in [-0.1, -0.05) is 0 Å². The topological polar surface area (TPSA) is 84.7 Å². The van der Waals surface area contributed by atoms with E-state index in [9.17, 15) is 4.79 Å². The van der Waals surface area contributed by atoms with Gasteiger partial charge in [-0.3, -0.25) is 9.78 Å². The minimum atomic E-state index is -0.206. The Kier molecular flexibility index (Phi) is 1.51. The third kappa shape index (κ3) is 1.14. The third-order valence-electron chi connectivity index (χ3n) is 1.76. The maximum Gasteiger partial charge on any atom is 0.260 e. The van der Waals surface area contributed by atoms with Crippen LogP contribution in [0.1, 0.15) is 5.82 Å². The number of nitrogens with one attached hydrogen (secondary N) is 1. The SMILES string of the molecule is Cc1nc2c(N)cncc2c(=O)[nH]1. The summed E-state index contributed by atoms with van der Waals surface area (Å²) in [7, 11) is 0. The first-order valence-corrected chi connectivity index (χ1v) is 3.78. The van der Waals surface area contributed by atoms with Crippen LogP contribution in [0.3, 0.4) is 0 Å². The first-order chi connectivity index (χ1) is 6.18. The molecule has 2 heterocycles. The summed E-state index contributed by atoms with van der Waals surface area (Å²) < 4.78 is 0. The van der Waals surface area contributed by atoms with Gasteiger partial charge in [-0.05, 0) is 6.92 Å². The number of nitrogens with zero attached hydrogens (tertiary/aromatic N) is 2. The Morgan fingerprint density at radius 1 is 1.46 bits per heavy atom. The summed E-state index contributed by atoms with van der Waals surface area (Å²) >= 11 is 0. The van der Waals surface area contributed by atoms with E-state index in [1.807, 2.05) is 0 Å². The van der Waals surface area contributed by atoms with Gasteiger partial charge >= 0.3 is 0 Å². The fraction of sp³-hybridized carbons (Fsp3) is 0.125. The molecule has 0 bridgehead atoms. The van der Waals surface area contributed by atoms with Gasteiger partial charge < -0.3 is 10.7 Å². The molecule has 0 atom stereocenters. The van der Waals surface area contributed by atoms with Crippen LogP contribution in [0.15, 0.2) is 17.2 Å². The lowest BCUT2D eigenvalue weighted by Crippen LogP contribution is -2.10. The Hall–Kier alpha value is -1.91. The lowest BCUT2D eigenvalue weighted by atomic mass is 10.3. The van der Waals surface area contributed by atoms with Crippen LogP contribution in [0.5, 0.6) is 0 Å². The van der Waals surface area contributed by atoms with E-state index in [0.29, 0.717) is 22.4 Å². The van der Waals surface area contributed by atoms with Gasteiger partial charge in [0.05, 0.1) is 17.3 Å². The van der Waals surface area contributed by atoms with Crippen LogP contribution in [0.4, 0.5) is 5.69 Å². The molecule has 13 heavy (non-hydrogen) atoms. The van der Waals surface area contributed by atoms with Crippen LogP contribution < -0.4 is 11.3 Å². The molecule has 0 saturated heterocycles. The van der Waals surface area contributed by atoms with Crippen molar-refractivity contribution in [2.24, 2.45) is 0 Å². The van der Waals surface area contributed by atoms with Crippen molar-refractivity contribution < 1.29 is 0 Å². The maximum atomic E-state index is 11.4. The van der Waals surface area contributed by atoms with Crippen LogP contribution >= 0.6 is 0 Å². The van der Waals surface area contributed by atoms with Gasteiger partial charge in [0.2, 0.25) is 0 Å². The molecule has 5 heteroatoms. The van der Waals surface area contributed by atoms with Crippen molar-refractivity contribution in [1.29, 1.82) is 0 Å². The number of rotatable bonds is 0. The minimum Gasteiger partial charge on any atom is -0.396 e. The molecular formula is C8H8N4O. The van der Waals surface area contributed by atoms with Gasteiger partial charge in [0.1, 0.15) is 11.3 Å². The van der Waals surface area contributed by atoms with Crippen molar-refractivity contribution in [3.63, 3.8) is 0 Å². The number of aryl methyl sites for hydroxylation is 1. The van der Waals surface area contributed by atoms with E-state index in [4.69, 9.17) is 5.73 Å². The highest BCUT2D eigenvalue weighted by Gasteiger charge is 2.03. The van der Waals surface area contributed by atoms with E-state index in [0.717, 1.165) is 0 Å². The van der Waals surface area contributed by atoms with E-state index in [1.165, 1.54) is 12.4 Å². The number of fused-ring (bicyclic) bond motifs is 1. The molecule has 0 aromatic carbocycles. The molecule has 2 rings (SSSR count). The first-order valence-electron chi connectivity index (χ1n) is 3.78. The smallest absolute Gasteiger partial charge is 0.260 e. The van der Waals surface area contributed by atoms with Gasteiger partial charge in [-0.25, -0.2) is 4.98 Å². The molecule has 0 saturated carbocycles. The molecule has 66 valence electrons. The van der Waals surface area contributed by atoms with Crippen LogP contribution in [0, 0.1) is 6.92 Å². The average molecular weight is 176 g/mol. The number of pyridine rings is 1. The summed E-state index contributed by atoms with van der Waals surface area (Å²) in [6.07, 6.45) is 2.94. The number of anilines is 1. The molecule has 0 aliphatic carbocycles. The molecule has 0 amide bonds. The van der Waals surface area contributed by atoms with Crippen LogP contribution in [0.2, 0.25) is 0 Å². The predicted octanol–water partition coefficient (Wildman–Crippen LogP) is 0.209. The van der Waals surface area contributed by atoms with Crippen LogP contribution in [0.25, 0.3) is 10.9 Å². The van der Waals surface area contributed by atoms with Gasteiger partial charge in [-0.2, -0.15) is 0 Å². The zero-order valence-electron chi connectivity index (χ0n) is 7.03. The Balaban J connectivity index is 3.03.